The summed E-state index contributed by atoms with van der Waals surface area (Å²) in [4.78, 5) is 12.4. The van der Waals surface area contributed by atoms with E-state index in [0.29, 0.717) is 28.0 Å². The van der Waals surface area contributed by atoms with Gasteiger partial charge in [-0.2, -0.15) is 0 Å². The van der Waals surface area contributed by atoms with Crippen molar-refractivity contribution in [1.82, 2.24) is 0 Å². The van der Waals surface area contributed by atoms with Crippen molar-refractivity contribution in [1.29, 1.82) is 0 Å². The average molecular weight is 409 g/mol. The number of hydrogen-bond donors (Lipinski definition) is 1. The lowest BCUT2D eigenvalue weighted by atomic mass is 10.1. The molecule has 0 aliphatic heterocycles. The summed E-state index contributed by atoms with van der Waals surface area (Å²) in [7, 11) is -3.81. The van der Waals surface area contributed by atoms with E-state index < -0.39 is 16.0 Å². The molecular weight excluding hydrogens is 390 g/mol. The van der Waals surface area contributed by atoms with Crippen molar-refractivity contribution < 1.29 is 22.4 Å². The second kappa shape index (κ2) is 7.25. The predicted octanol–water partition coefficient (Wildman–Crippen LogP) is 4.87. The molecule has 0 saturated heterocycles. The van der Waals surface area contributed by atoms with Gasteiger partial charge in [-0.1, -0.05) is 30.3 Å². The van der Waals surface area contributed by atoms with Gasteiger partial charge in [0, 0.05) is 11.1 Å². The molecule has 0 atom stereocenters. The summed E-state index contributed by atoms with van der Waals surface area (Å²) in [5.74, 6) is -0.0775. The number of carbonyl (C=O) groups is 1. The van der Waals surface area contributed by atoms with Gasteiger partial charge in [0.05, 0.1) is 11.5 Å². The van der Waals surface area contributed by atoms with Crippen molar-refractivity contribution in [3.63, 3.8) is 0 Å². The van der Waals surface area contributed by atoms with E-state index in [1.807, 2.05) is 24.3 Å². The van der Waals surface area contributed by atoms with Crippen LogP contribution in [-0.2, 0) is 14.8 Å². The number of esters is 1. The summed E-state index contributed by atoms with van der Waals surface area (Å²) in [6.07, 6.45) is 0. The van der Waals surface area contributed by atoms with Crippen LogP contribution < -0.4 is 4.72 Å². The molecule has 0 bridgehead atoms. The first-order chi connectivity index (χ1) is 13.9. The third kappa shape index (κ3) is 3.56. The van der Waals surface area contributed by atoms with Gasteiger partial charge < -0.3 is 9.15 Å². The topological polar surface area (TPSA) is 85.6 Å². The van der Waals surface area contributed by atoms with E-state index in [0.717, 1.165) is 10.8 Å². The van der Waals surface area contributed by atoms with Crippen molar-refractivity contribution in [3.8, 4) is 0 Å². The van der Waals surface area contributed by atoms with E-state index in [1.165, 1.54) is 0 Å². The number of ether oxygens (including phenoxy) is 1. The molecule has 7 heteroatoms. The summed E-state index contributed by atoms with van der Waals surface area (Å²) in [6.45, 7) is 3.63. The van der Waals surface area contributed by atoms with Crippen LogP contribution in [0.3, 0.4) is 0 Å². The number of carbonyl (C=O) groups excluding carboxylic acids is 1. The molecule has 0 saturated carbocycles. The average Bonchev–Trinajstić information content (AvgIpc) is 3.02. The molecule has 0 aliphatic rings. The number of benzene rings is 3. The second-order valence-corrected chi connectivity index (χ2v) is 8.26. The molecule has 0 aliphatic carbocycles. The Hall–Kier alpha value is -3.32. The Morgan fingerprint density at radius 2 is 1.79 bits per heavy atom. The first kappa shape index (κ1) is 19.0. The minimum absolute atomic E-state index is 0.158. The standard InChI is InChI=1S/C22H19NO5S/c1-3-27-22(24)21-14(2)28-20-11-9-17(13-19(20)21)23-29(25,26)18-10-8-15-6-4-5-7-16(15)12-18/h4-13,23H,3H2,1-2H3. The molecule has 4 aromatic rings. The smallest absolute Gasteiger partial charge is 0.342 e. The Kier molecular flexibility index (Phi) is 4.76. The normalized spacial score (nSPS) is 11.7. The highest BCUT2D eigenvalue weighted by Crippen LogP contribution is 2.30. The van der Waals surface area contributed by atoms with Crippen LogP contribution in [0.15, 0.2) is 70.0 Å². The first-order valence-corrected chi connectivity index (χ1v) is 10.6. The predicted molar refractivity (Wildman–Crippen MR) is 112 cm³/mol. The lowest BCUT2D eigenvalue weighted by molar-refractivity contribution is 0.0526. The molecule has 148 valence electrons. The number of nitrogens with one attached hydrogen (secondary N) is 1. The van der Waals surface area contributed by atoms with Crippen LogP contribution >= 0.6 is 0 Å². The first-order valence-electron chi connectivity index (χ1n) is 9.11. The van der Waals surface area contributed by atoms with Crippen LogP contribution in [0.1, 0.15) is 23.0 Å². The van der Waals surface area contributed by atoms with E-state index in [-0.39, 0.29) is 11.5 Å². The summed E-state index contributed by atoms with van der Waals surface area (Å²) in [5, 5.41) is 2.29. The minimum atomic E-state index is -3.81. The molecule has 0 amide bonds. The number of fused-ring (bicyclic) bond motifs is 2. The molecule has 0 fully saturated rings. The molecule has 1 N–H and O–H groups in total. The van der Waals surface area contributed by atoms with E-state index in [2.05, 4.69) is 4.72 Å². The summed E-state index contributed by atoms with van der Waals surface area (Å²) in [5.41, 5.74) is 1.12. The van der Waals surface area contributed by atoms with Crippen molar-refractivity contribution in [2.45, 2.75) is 18.7 Å². The van der Waals surface area contributed by atoms with Gasteiger partial charge >= 0.3 is 5.97 Å². The monoisotopic (exact) mass is 409 g/mol. The largest absolute Gasteiger partial charge is 0.462 e. The summed E-state index contributed by atoms with van der Waals surface area (Å²) >= 11 is 0. The zero-order chi connectivity index (χ0) is 20.6. The molecule has 0 radical (unpaired) electrons. The van der Waals surface area contributed by atoms with Crippen LogP contribution in [0.5, 0.6) is 0 Å². The fourth-order valence-corrected chi connectivity index (χ4v) is 4.37. The molecule has 1 heterocycles. The highest BCUT2D eigenvalue weighted by atomic mass is 32.2. The van der Waals surface area contributed by atoms with E-state index >= 15 is 0 Å². The zero-order valence-corrected chi connectivity index (χ0v) is 16.7. The number of anilines is 1. The van der Waals surface area contributed by atoms with Crippen LogP contribution in [0.2, 0.25) is 0 Å². The van der Waals surface area contributed by atoms with Gasteiger partial charge in [0.1, 0.15) is 16.9 Å². The molecule has 0 spiro atoms. The number of aryl methyl sites for hydroxylation is 1. The Morgan fingerprint density at radius 3 is 2.55 bits per heavy atom. The van der Waals surface area contributed by atoms with Crippen LogP contribution in [0, 0.1) is 6.92 Å². The molecule has 0 unspecified atom stereocenters. The molecular formula is C22H19NO5S. The highest BCUT2D eigenvalue weighted by Gasteiger charge is 2.21. The maximum atomic E-state index is 12.9. The summed E-state index contributed by atoms with van der Waals surface area (Å²) in [6, 6.07) is 17.3. The molecule has 3 aromatic carbocycles. The Balaban J connectivity index is 1.72. The van der Waals surface area contributed by atoms with Gasteiger partial charge in [0.15, 0.2) is 0 Å². The van der Waals surface area contributed by atoms with Crippen molar-refractivity contribution in [2.24, 2.45) is 0 Å². The zero-order valence-electron chi connectivity index (χ0n) is 15.9. The lowest BCUT2D eigenvalue weighted by Gasteiger charge is -2.09. The maximum Gasteiger partial charge on any atom is 0.342 e. The van der Waals surface area contributed by atoms with Gasteiger partial charge in [-0.25, -0.2) is 13.2 Å². The van der Waals surface area contributed by atoms with Gasteiger partial charge in [0.2, 0.25) is 0 Å². The molecule has 4 rings (SSSR count). The SMILES string of the molecule is CCOC(=O)c1c(C)oc2ccc(NS(=O)(=O)c3ccc4ccccc4c3)cc12. The van der Waals surface area contributed by atoms with Crippen LogP contribution in [-0.4, -0.2) is 21.0 Å². The number of rotatable bonds is 5. The van der Waals surface area contributed by atoms with Gasteiger partial charge in [-0.05, 0) is 55.0 Å². The Morgan fingerprint density at radius 1 is 1.03 bits per heavy atom. The third-order valence-corrected chi connectivity index (χ3v) is 6.01. The summed E-state index contributed by atoms with van der Waals surface area (Å²) < 4.78 is 39.0. The lowest BCUT2D eigenvalue weighted by Crippen LogP contribution is -2.13. The van der Waals surface area contributed by atoms with Crippen LogP contribution in [0.4, 0.5) is 5.69 Å². The Bertz CT molecular complexity index is 1340. The highest BCUT2D eigenvalue weighted by molar-refractivity contribution is 7.92. The molecule has 6 nitrogen and oxygen atoms in total. The maximum absolute atomic E-state index is 12.9. The quantitative estimate of drug-likeness (QED) is 0.475. The van der Waals surface area contributed by atoms with E-state index in [4.69, 9.17) is 9.15 Å². The fourth-order valence-electron chi connectivity index (χ4n) is 3.29. The van der Waals surface area contributed by atoms with Crippen molar-refractivity contribution in [2.75, 3.05) is 11.3 Å². The van der Waals surface area contributed by atoms with E-state index in [1.54, 1.807) is 50.2 Å². The van der Waals surface area contributed by atoms with Gasteiger partial charge in [0.25, 0.3) is 10.0 Å². The molecule has 29 heavy (non-hydrogen) atoms. The van der Waals surface area contributed by atoms with Crippen molar-refractivity contribution >= 4 is 43.4 Å². The number of furan rings is 1. The van der Waals surface area contributed by atoms with Crippen LogP contribution in [0.25, 0.3) is 21.7 Å². The number of sulfonamides is 1. The molecule has 1 aromatic heterocycles. The fraction of sp³-hybridized carbons (Fsp3) is 0.136. The number of hydrogen-bond acceptors (Lipinski definition) is 5. The Labute approximate surface area is 168 Å². The van der Waals surface area contributed by atoms with E-state index in [9.17, 15) is 13.2 Å². The van der Waals surface area contributed by atoms with Gasteiger partial charge in [-0.3, -0.25) is 4.72 Å². The van der Waals surface area contributed by atoms with Crippen molar-refractivity contribution in [3.05, 3.63) is 72.0 Å². The van der Waals surface area contributed by atoms with Gasteiger partial charge in [-0.15, -0.1) is 0 Å². The third-order valence-electron chi connectivity index (χ3n) is 4.63. The second-order valence-electron chi connectivity index (χ2n) is 6.58. The minimum Gasteiger partial charge on any atom is -0.462 e.